The van der Waals surface area contributed by atoms with Crippen LogP contribution >= 0.6 is 11.3 Å². The lowest BCUT2D eigenvalue weighted by Crippen LogP contribution is -2.30. The van der Waals surface area contributed by atoms with Crippen LogP contribution in [0.4, 0.5) is 13.2 Å². The third-order valence-electron chi connectivity index (χ3n) is 1.58. The molecule has 1 rings (SSSR count). The Morgan fingerprint density at radius 1 is 1.54 bits per heavy atom. The minimum atomic E-state index is -4.13. The van der Waals surface area contributed by atoms with Crippen LogP contribution in [0.15, 0.2) is 17.5 Å². The Labute approximate surface area is 78.6 Å². The van der Waals surface area contributed by atoms with Gasteiger partial charge in [-0.15, -0.1) is 11.3 Å². The average molecular weight is 209 g/mol. The molecule has 0 radical (unpaired) electrons. The smallest absolute Gasteiger partial charge is 0.301 e. The molecule has 1 aromatic rings. The maximum absolute atomic E-state index is 11.8. The number of halogens is 3. The van der Waals surface area contributed by atoms with Crippen molar-refractivity contribution in [3.8, 4) is 0 Å². The first-order chi connectivity index (χ1) is 5.99. The van der Waals surface area contributed by atoms with Crippen molar-refractivity contribution in [3.05, 3.63) is 22.4 Å². The molecule has 13 heavy (non-hydrogen) atoms. The first kappa shape index (κ1) is 10.5. The molecule has 0 amide bonds. The van der Waals surface area contributed by atoms with Crippen LogP contribution in [-0.4, -0.2) is 12.7 Å². The topological polar surface area (TPSA) is 12.0 Å². The van der Waals surface area contributed by atoms with E-state index in [0.717, 1.165) is 4.88 Å². The van der Waals surface area contributed by atoms with E-state index in [9.17, 15) is 13.2 Å². The van der Waals surface area contributed by atoms with Crippen LogP contribution in [0, 0.1) is 0 Å². The van der Waals surface area contributed by atoms with Crippen LogP contribution in [-0.2, 0) is 0 Å². The first-order valence-electron chi connectivity index (χ1n) is 3.82. The molecule has 1 aromatic heterocycles. The van der Waals surface area contributed by atoms with Gasteiger partial charge in [0.1, 0.15) is 0 Å². The second-order valence-electron chi connectivity index (χ2n) is 2.73. The van der Waals surface area contributed by atoms with Crippen LogP contribution in [0.25, 0.3) is 0 Å². The molecule has 0 spiro atoms. The molecule has 0 aliphatic carbocycles. The predicted molar refractivity (Wildman–Crippen MR) is 46.8 cm³/mol. The molecule has 0 aliphatic rings. The van der Waals surface area contributed by atoms with Gasteiger partial charge in [0.15, 0.2) is 0 Å². The minimum Gasteiger partial charge on any atom is -0.301 e. The Morgan fingerprint density at radius 2 is 2.23 bits per heavy atom. The van der Waals surface area contributed by atoms with E-state index in [1.165, 1.54) is 11.3 Å². The number of nitrogens with one attached hydrogen (secondary N) is 1. The highest BCUT2D eigenvalue weighted by molar-refractivity contribution is 7.10. The Hall–Kier alpha value is -0.550. The van der Waals surface area contributed by atoms with Crippen molar-refractivity contribution in [1.82, 2.24) is 5.32 Å². The molecule has 74 valence electrons. The summed E-state index contributed by atoms with van der Waals surface area (Å²) in [5.74, 6) is 0. The second-order valence-corrected chi connectivity index (χ2v) is 3.71. The molecule has 0 aromatic carbocycles. The van der Waals surface area contributed by atoms with Crippen molar-refractivity contribution >= 4 is 11.3 Å². The van der Waals surface area contributed by atoms with Crippen LogP contribution in [0.1, 0.15) is 17.8 Å². The zero-order valence-electron chi connectivity index (χ0n) is 7.06. The third kappa shape index (κ3) is 3.78. The normalized spacial score (nSPS) is 14.5. The van der Waals surface area contributed by atoms with Crippen LogP contribution in [0.3, 0.4) is 0 Å². The quantitative estimate of drug-likeness (QED) is 0.807. The predicted octanol–water partition coefficient (Wildman–Crippen LogP) is 2.96. The zero-order valence-corrected chi connectivity index (χ0v) is 7.88. The fraction of sp³-hybridized carbons (Fsp3) is 0.500. The Kier molecular flexibility index (Phi) is 3.33. The Balaban J connectivity index is 2.39. The molecule has 0 saturated heterocycles. The largest absolute Gasteiger partial charge is 0.401 e. The van der Waals surface area contributed by atoms with Gasteiger partial charge < -0.3 is 5.32 Å². The van der Waals surface area contributed by atoms with Crippen molar-refractivity contribution < 1.29 is 13.2 Å². The summed E-state index contributed by atoms with van der Waals surface area (Å²) < 4.78 is 35.4. The number of hydrogen-bond acceptors (Lipinski definition) is 2. The van der Waals surface area contributed by atoms with Crippen LogP contribution in [0.5, 0.6) is 0 Å². The third-order valence-corrected chi connectivity index (χ3v) is 2.63. The summed E-state index contributed by atoms with van der Waals surface area (Å²) in [5, 5.41) is 4.26. The van der Waals surface area contributed by atoms with E-state index in [1.807, 2.05) is 17.5 Å². The van der Waals surface area contributed by atoms with Crippen LogP contribution in [0.2, 0.25) is 0 Å². The summed E-state index contributed by atoms with van der Waals surface area (Å²) in [6, 6.07) is 3.41. The summed E-state index contributed by atoms with van der Waals surface area (Å²) in [6.45, 7) is 0.781. The fourth-order valence-corrected chi connectivity index (χ4v) is 1.67. The molecule has 1 N–H and O–H groups in total. The molecule has 5 heteroatoms. The molecule has 0 saturated carbocycles. The molecule has 1 atom stereocenters. The standard InChI is InChI=1S/C8H10F3NS/c1-6(7-3-2-4-13-7)12-5-8(9,10)11/h2-4,6,12H,5H2,1H3/t6-/m1/s1. The number of rotatable bonds is 3. The lowest BCUT2D eigenvalue weighted by molar-refractivity contribution is -0.126. The Morgan fingerprint density at radius 3 is 2.69 bits per heavy atom. The zero-order chi connectivity index (χ0) is 9.90. The maximum Gasteiger partial charge on any atom is 0.401 e. The summed E-state index contributed by atoms with van der Waals surface area (Å²) in [5.41, 5.74) is 0. The van der Waals surface area contributed by atoms with E-state index in [0.29, 0.717) is 0 Å². The van der Waals surface area contributed by atoms with Gasteiger partial charge in [-0.05, 0) is 18.4 Å². The average Bonchev–Trinajstić information content (AvgIpc) is 2.50. The molecule has 0 bridgehead atoms. The van der Waals surface area contributed by atoms with Crippen molar-refractivity contribution in [2.24, 2.45) is 0 Å². The summed E-state index contributed by atoms with van der Waals surface area (Å²) in [6.07, 6.45) is -4.13. The second kappa shape index (κ2) is 4.11. The molecular formula is C8H10F3NS. The monoisotopic (exact) mass is 209 g/mol. The molecule has 1 heterocycles. The molecular weight excluding hydrogens is 199 g/mol. The van der Waals surface area contributed by atoms with Crippen molar-refractivity contribution in [2.75, 3.05) is 6.54 Å². The van der Waals surface area contributed by atoms with Crippen molar-refractivity contribution in [3.63, 3.8) is 0 Å². The van der Waals surface area contributed by atoms with Crippen molar-refractivity contribution in [2.45, 2.75) is 19.1 Å². The molecule has 1 nitrogen and oxygen atoms in total. The first-order valence-corrected chi connectivity index (χ1v) is 4.70. The van der Waals surface area contributed by atoms with Crippen molar-refractivity contribution in [1.29, 1.82) is 0 Å². The highest BCUT2D eigenvalue weighted by atomic mass is 32.1. The van der Waals surface area contributed by atoms with E-state index < -0.39 is 12.7 Å². The van der Waals surface area contributed by atoms with Gasteiger partial charge in [0, 0.05) is 10.9 Å². The fourth-order valence-electron chi connectivity index (χ4n) is 0.907. The van der Waals surface area contributed by atoms with E-state index >= 15 is 0 Å². The summed E-state index contributed by atoms with van der Waals surface area (Å²) in [7, 11) is 0. The minimum absolute atomic E-state index is 0.235. The van der Waals surface area contributed by atoms with E-state index in [4.69, 9.17) is 0 Å². The molecule has 0 aliphatic heterocycles. The maximum atomic E-state index is 11.8. The van der Waals surface area contributed by atoms with Gasteiger partial charge in [-0.1, -0.05) is 6.07 Å². The highest BCUT2D eigenvalue weighted by Crippen LogP contribution is 2.20. The van der Waals surface area contributed by atoms with E-state index in [1.54, 1.807) is 6.92 Å². The number of thiophene rings is 1. The van der Waals surface area contributed by atoms with Crippen LogP contribution < -0.4 is 5.32 Å². The van der Waals surface area contributed by atoms with Gasteiger partial charge in [-0.25, -0.2) is 0 Å². The van der Waals surface area contributed by atoms with Gasteiger partial charge in [0.25, 0.3) is 0 Å². The Bertz CT molecular complexity index is 242. The van der Waals surface area contributed by atoms with E-state index in [-0.39, 0.29) is 6.04 Å². The lowest BCUT2D eigenvalue weighted by atomic mass is 10.3. The van der Waals surface area contributed by atoms with Gasteiger partial charge in [0.2, 0.25) is 0 Å². The number of hydrogen-bond donors (Lipinski definition) is 1. The summed E-state index contributed by atoms with van der Waals surface area (Å²) in [4.78, 5) is 0.921. The van der Waals surface area contributed by atoms with Gasteiger partial charge in [0.05, 0.1) is 6.54 Å². The highest BCUT2D eigenvalue weighted by Gasteiger charge is 2.27. The molecule has 0 fully saturated rings. The summed E-state index contributed by atoms with van der Waals surface area (Å²) >= 11 is 1.45. The van der Waals surface area contributed by atoms with Gasteiger partial charge in [-0.3, -0.25) is 0 Å². The van der Waals surface area contributed by atoms with Gasteiger partial charge >= 0.3 is 6.18 Å². The van der Waals surface area contributed by atoms with Gasteiger partial charge in [-0.2, -0.15) is 13.2 Å². The molecule has 0 unspecified atom stereocenters. The SMILES string of the molecule is C[C@@H](NCC(F)(F)F)c1cccs1. The lowest BCUT2D eigenvalue weighted by Gasteiger charge is -2.13. The number of alkyl halides is 3. The van der Waals surface area contributed by atoms with E-state index in [2.05, 4.69) is 5.32 Å².